The number of hydrogen-bond acceptors (Lipinski definition) is 2. The van der Waals surface area contributed by atoms with Crippen LogP contribution in [0.4, 0.5) is 0 Å². The van der Waals surface area contributed by atoms with Gasteiger partial charge < -0.3 is 0 Å². The normalized spacial score (nSPS) is 10.2. The maximum absolute atomic E-state index is 11.6. The summed E-state index contributed by atoms with van der Waals surface area (Å²) >= 11 is 0. The zero-order valence-corrected chi connectivity index (χ0v) is 13.1. The molecule has 0 saturated carbocycles. The molecule has 0 amide bonds. The van der Waals surface area contributed by atoms with Crippen molar-refractivity contribution in [2.45, 2.75) is 65.2 Å². The van der Waals surface area contributed by atoms with Crippen LogP contribution in [-0.2, 0) is 9.84 Å². The van der Waals surface area contributed by atoms with E-state index in [4.69, 9.17) is 0 Å². The molecule has 0 rings (SSSR count). The van der Waals surface area contributed by atoms with E-state index in [0.29, 0.717) is 0 Å². The molecule has 0 radical (unpaired) electrons. The topological polar surface area (TPSA) is 34.1 Å². The van der Waals surface area contributed by atoms with E-state index >= 15 is 0 Å². The minimum Gasteiger partial charge on any atom is -0.227 e. The molecule has 0 aromatic heterocycles. The number of rotatable bonds is 8. The molecule has 0 aliphatic heterocycles. The Bertz CT molecular complexity index is 391. The van der Waals surface area contributed by atoms with Gasteiger partial charge in [0.25, 0.3) is 0 Å². The molecule has 0 atom stereocenters. The maximum Gasteiger partial charge on any atom is 0.172 e. The monoisotopic (exact) mass is 282 g/mol. The average Bonchev–Trinajstić information content (AvgIpc) is 2.38. The maximum atomic E-state index is 11.6. The van der Waals surface area contributed by atoms with Gasteiger partial charge >= 0.3 is 0 Å². The van der Waals surface area contributed by atoms with Crippen molar-refractivity contribution >= 4 is 9.84 Å². The second-order valence-electron chi connectivity index (χ2n) is 4.65. The fourth-order valence-electron chi connectivity index (χ4n) is 1.48. The Kier molecular flexibility index (Phi) is 11.5. The highest BCUT2D eigenvalue weighted by Crippen LogP contribution is 1.98. The van der Waals surface area contributed by atoms with Gasteiger partial charge in [0.2, 0.25) is 0 Å². The van der Waals surface area contributed by atoms with Gasteiger partial charge in [0.1, 0.15) is 11.5 Å². The summed E-state index contributed by atoms with van der Waals surface area (Å²) < 4.78 is 23.2. The van der Waals surface area contributed by atoms with E-state index in [2.05, 4.69) is 37.5 Å². The van der Waals surface area contributed by atoms with Crippen LogP contribution in [0, 0.1) is 23.7 Å². The molecule has 0 saturated heterocycles. The molecule has 0 aromatic carbocycles. The Balaban J connectivity index is 3.85. The Labute approximate surface area is 119 Å². The van der Waals surface area contributed by atoms with Gasteiger partial charge in [0.15, 0.2) is 9.84 Å². The summed E-state index contributed by atoms with van der Waals surface area (Å²) in [7, 11) is -3.11. The molecule has 0 bridgehead atoms. The van der Waals surface area contributed by atoms with E-state index in [9.17, 15) is 8.42 Å². The second kappa shape index (κ2) is 12.1. The first kappa shape index (κ1) is 18.1. The summed E-state index contributed by atoms with van der Waals surface area (Å²) in [5.74, 6) is 11.2. The van der Waals surface area contributed by atoms with Crippen LogP contribution in [-0.4, -0.2) is 19.9 Å². The predicted molar refractivity (Wildman–Crippen MR) is 82.5 cm³/mol. The third-order valence-corrected chi connectivity index (χ3v) is 3.81. The van der Waals surface area contributed by atoms with Gasteiger partial charge in [-0.05, 0) is 12.8 Å². The summed E-state index contributed by atoms with van der Waals surface area (Å²) in [6.45, 7) is 4.27. The molecule has 0 aromatic rings. The lowest BCUT2D eigenvalue weighted by Crippen LogP contribution is -2.08. The summed E-state index contributed by atoms with van der Waals surface area (Å²) in [6, 6.07) is 0. The lowest BCUT2D eigenvalue weighted by atomic mass is 10.2. The Morgan fingerprint density at radius 3 is 1.47 bits per heavy atom. The Hall–Kier alpha value is -0.930. The first-order valence-corrected chi connectivity index (χ1v) is 9.06. The van der Waals surface area contributed by atoms with Crippen molar-refractivity contribution in [3.05, 3.63) is 0 Å². The quantitative estimate of drug-likeness (QED) is 0.504. The molecule has 0 spiro atoms. The highest BCUT2D eigenvalue weighted by Gasteiger charge is 2.05. The summed E-state index contributed by atoms with van der Waals surface area (Å²) in [5, 5.41) is 0. The van der Waals surface area contributed by atoms with Crippen LogP contribution in [0.2, 0.25) is 0 Å². The third kappa shape index (κ3) is 13.3. The molecular weight excluding hydrogens is 256 g/mol. The van der Waals surface area contributed by atoms with E-state index in [-0.39, 0.29) is 11.5 Å². The first-order chi connectivity index (χ1) is 9.12. The third-order valence-electron chi connectivity index (χ3n) is 2.64. The SMILES string of the molecule is CCCCCC#CCS(=O)(=O)CC#CCCCCC. The summed E-state index contributed by atoms with van der Waals surface area (Å²) in [5.41, 5.74) is 0. The molecule has 0 heterocycles. The van der Waals surface area contributed by atoms with Crippen LogP contribution < -0.4 is 0 Å². The number of hydrogen-bond donors (Lipinski definition) is 0. The average molecular weight is 282 g/mol. The summed E-state index contributed by atoms with van der Waals surface area (Å²) in [4.78, 5) is 0. The highest BCUT2D eigenvalue weighted by atomic mass is 32.2. The van der Waals surface area contributed by atoms with E-state index in [1.54, 1.807) is 0 Å². The van der Waals surface area contributed by atoms with Gasteiger partial charge in [-0.2, -0.15) is 0 Å². The molecule has 3 heteroatoms. The molecule has 108 valence electrons. The van der Waals surface area contributed by atoms with Crippen molar-refractivity contribution in [3.8, 4) is 23.7 Å². The van der Waals surface area contributed by atoms with Crippen molar-refractivity contribution in [2.24, 2.45) is 0 Å². The Morgan fingerprint density at radius 1 is 0.684 bits per heavy atom. The minimum absolute atomic E-state index is 0.0528. The van der Waals surface area contributed by atoms with Crippen LogP contribution >= 0.6 is 0 Å². The van der Waals surface area contributed by atoms with Crippen LogP contribution in [0.1, 0.15) is 65.2 Å². The number of unbranched alkanes of at least 4 members (excludes halogenated alkanes) is 6. The van der Waals surface area contributed by atoms with Gasteiger partial charge in [-0.25, -0.2) is 8.42 Å². The van der Waals surface area contributed by atoms with E-state index in [1.165, 1.54) is 0 Å². The van der Waals surface area contributed by atoms with Gasteiger partial charge in [-0.15, -0.1) is 11.8 Å². The number of sulfone groups is 1. The van der Waals surface area contributed by atoms with Crippen molar-refractivity contribution in [1.29, 1.82) is 0 Å². The molecular formula is C16H26O2S. The lowest BCUT2D eigenvalue weighted by molar-refractivity contribution is 0.602. The van der Waals surface area contributed by atoms with Crippen LogP contribution in [0.5, 0.6) is 0 Å². The molecule has 0 fully saturated rings. The molecule has 0 aliphatic carbocycles. The van der Waals surface area contributed by atoms with Gasteiger partial charge in [-0.1, -0.05) is 51.4 Å². The Morgan fingerprint density at radius 2 is 1.11 bits per heavy atom. The van der Waals surface area contributed by atoms with Gasteiger partial charge in [-0.3, -0.25) is 0 Å². The largest absolute Gasteiger partial charge is 0.227 e. The molecule has 0 unspecified atom stereocenters. The van der Waals surface area contributed by atoms with Gasteiger partial charge in [0.05, 0.1) is 0 Å². The van der Waals surface area contributed by atoms with Crippen molar-refractivity contribution in [1.82, 2.24) is 0 Å². The van der Waals surface area contributed by atoms with Crippen molar-refractivity contribution in [2.75, 3.05) is 11.5 Å². The van der Waals surface area contributed by atoms with E-state index in [1.807, 2.05) is 0 Å². The fraction of sp³-hybridized carbons (Fsp3) is 0.750. The van der Waals surface area contributed by atoms with Gasteiger partial charge in [0, 0.05) is 12.8 Å². The molecule has 0 aliphatic rings. The predicted octanol–water partition coefficient (Wildman–Crippen LogP) is 3.57. The second-order valence-corrected chi connectivity index (χ2v) is 6.72. The van der Waals surface area contributed by atoms with Crippen LogP contribution in [0.15, 0.2) is 0 Å². The highest BCUT2D eigenvalue weighted by molar-refractivity contribution is 7.91. The lowest BCUT2D eigenvalue weighted by Gasteiger charge is -1.93. The standard InChI is InChI=1S/C16H26O2S/c1-3-5-7-9-11-13-15-19(17,18)16-14-12-10-8-6-4-2/h3-10,15-16H2,1-2H3. The molecule has 19 heavy (non-hydrogen) atoms. The first-order valence-electron chi connectivity index (χ1n) is 7.24. The van der Waals surface area contributed by atoms with E-state index < -0.39 is 9.84 Å². The zero-order valence-electron chi connectivity index (χ0n) is 12.3. The fourth-order valence-corrected chi connectivity index (χ4v) is 2.22. The zero-order chi connectivity index (χ0) is 14.4. The van der Waals surface area contributed by atoms with Crippen molar-refractivity contribution in [3.63, 3.8) is 0 Å². The van der Waals surface area contributed by atoms with Crippen LogP contribution in [0.25, 0.3) is 0 Å². The van der Waals surface area contributed by atoms with Crippen molar-refractivity contribution < 1.29 is 8.42 Å². The van der Waals surface area contributed by atoms with E-state index in [0.717, 1.165) is 51.4 Å². The molecule has 0 N–H and O–H groups in total. The summed E-state index contributed by atoms with van der Waals surface area (Å²) in [6.07, 6.45) is 8.34. The smallest absolute Gasteiger partial charge is 0.172 e. The van der Waals surface area contributed by atoms with Crippen LogP contribution in [0.3, 0.4) is 0 Å². The molecule has 2 nitrogen and oxygen atoms in total. The minimum atomic E-state index is -3.11.